The van der Waals surface area contributed by atoms with E-state index in [1.165, 1.54) is 74.8 Å². The van der Waals surface area contributed by atoms with E-state index in [0.717, 1.165) is 22.3 Å². The van der Waals surface area contributed by atoms with Crippen molar-refractivity contribution in [2.75, 3.05) is 7.11 Å². The number of rotatable bonds is 4. The van der Waals surface area contributed by atoms with Gasteiger partial charge in [0.25, 0.3) is 0 Å². The van der Waals surface area contributed by atoms with E-state index in [9.17, 15) is 0 Å². The SMILES string of the molecule is COc1ccc2c(c1)[N+](C1CCCCC1)(C1CCCCC1)C(SN)S2. The van der Waals surface area contributed by atoms with Gasteiger partial charge in [0.15, 0.2) is 5.69 Å². The summed E-state index contributed by atoms with van der Waals surface area (Å²) in [6, 6.07) is 8.17. The summed E-state index contributed by atoms with van der Waals surface area (Å²) in [7, 11) is 1.79. The first-order valence-electron chi connectivity index (χ1n) is 9.89. The van der Waals surface area contributed by atoms with Gasteiger partial charge < -0.3 is 4.74 Å². The smallest absolute Gasteiger partial charge is 0.206 e. The van der Waals surface area contributed by atoms with E-state index in [2.05, 4.69) is 18.2 Å². The van der Waals surface area contributed by atoms with Crippen LogP contribution in [-0.4, -0.2) is 23.9 Å². The third-order valence-electron chi connectivity index (χ3n) is 6.63. The summed E-state index contributed by atoms with van der Waals surface area (Å²) in [6.07, 6.45) is 13.7. The maximum atomic E-state index is 6.32. The highest BCUT2D eigenvalue weighted by Gasteiger charge is 2.57. The fourth-order valence-corrected chi connectivity index (χ4v) is 8.04. The van der Waals surface area contributed by atoms with Gasteiger partial charge in [0.1, 0.15) is 5.75 Å². The topological polar surface area (TPSA) is 35.2 Å². The predicted molar refractivity (Wildman–Crippen MR) is 110 cm³/mol. The Morgan fingerprint density at radius 3 is 2.12 bits per heavy atom. The molecule has 1 aliphatic heterocycles. The molecule has 4 rings (SSSR count). The normalized spacial score (nSPS) is 27.2. The van der Waals surface area contributed by atoms with Crippen molar-refractivity contribution in [1.29, 1.82) is 0 Å². The molecule has 138 valence electrons. The lowest BCUT2D eigenvalue weighted by Crippen LogP contribution is -2.66. The fraction of sp³-hybridized carbons (Fsp3) is 0.700. The van der Waals surface area contributed by atoms with Crippen LogP contribution in [0.5, 0.6) is 5.75 Å². The van der Waals surface area contributed by atoms with Crippen LogP contribution in [0, 0.1) is 0 Å². The van der Waals surface area contributed by atoms with Gasteiger partial charge in [0.05, 0.1) is 24.1 Å². The molecule has 25 heavy (non-hydrogen) atoms. The van der Waals surface area contributed by atoms with Gasteiger partial charge >= 0.3 is 0 Å². The Hall–Kier alpha value is -0.360. The molecule has 5 heteroatoms. The van der Waals surface area contributed by atoms with Gasteiger partial charge in [0, 0.05) is 6.07 Å². The number of quaternary nitrogens is 1. The molecule has 2 saturated carbocycles. The van der Waals surface area contributed by atoms with E-state index < -0.39 is 0 Å². The zero-order valence-electron chi connectivity index (χ0n) is 15.3. The molecule has 3 nitrogen and oxygen atoms in total. The van der Waals surface area contributed by atoms with Gasteiger partial charge in [-0.15, -0.1) is 0 Å². The summed E-state index contributed by atoms with van der Waals surface area (Å²) in [5, 5.41) is 6.32. The van der Waals surface area contributed by atoms with Gasteiger partial charge in [0.2, 0.25) is 4.71 Å². The Kier molecular flexibility index (Phi) is 5.56. The number of fused-ring (bicyclic) bond motifs is 1. The van der Waals surface area contributed by atoms with Crippen molar-refractivity contribution < 1.29 is 4.74 Å². The molecule has 1 heterocycles. The van der Waals surface area contributed by atoms with Crippen LogP contribution in [0.3, 0.4) is 0 Å². The van der Waals surface area contributed by atoms with Crippen LogP contribution in [0.4, 0.5) is 5.69 Å². The molecule has 0 amide bonds. The third kappa shape index (κ3) is 3.01. The van der Waals surface area contributed by atoms with Gasteiger partial charge in [-0.3, -0.25) is 9.62 Å². The second kappa shape index (κ2) is 7.71. The summed E-state index contributed by atoms with van der Waals surface area (Å²) < 4.78 is 7.14. The monoisotopic (exact) mass is 379 g/mol. The highest BCUT2D eigenvalue weighted by molar-refractivity contribution is 8.16. The number of nitrogens with zero attached hydrogens (tertiary/aromatic N) is 1. The number of hydrogen-bond donors (Lipinski definition) is 1. The van der Waals surface area contributed by atoms with Crippen LogP contribution in [0.1, 0.15) is 64.2 Å². The van der Waals surface area contributed by atoms with Gasteiger partial charge in [-0.2, -0.15) is 0 Å². The maximum Gasteiger partial charge on any atom is 0.206 e. The molecule has 1 aromatic carbocycles. The molecular formula is C20H31N2OS2+. The van der Waals surface area contributed by atoms with Crippen molar-refractivity contribution in [2.24, 2.45) is 5.14 Å². The molecule has 0 radical (unpaired) electrons. The number of thioether (sulfide) groups is 1. The highest BCUT2D eigenvalue weighted by atomic mass is 32.2. The summed E-state index contributed by atoms with van der Waals surface area (Å²) >= 11 is 3.60. The first-order valence-corrected chi connectivity index (χ1v) is 11.7. The number of ether oxygens (including phenoxy) is 1. The Bertz CT molecular complexity index is 579. The van der Waals surface area contributed by atoms with E-state index in [1.54, 1.807) is 19.1 Å². The Morgan fingerprint density at radius 2 is 1.60 bits per heavy atom. The van der Waals surface area contributed by atoms with E-state index in [0.29, 0.717) is 4.71 Å². The minimum Gasteiger partial charge on any atom is -0.497 e. The average Bonchev–Trinajstić information content (AvgIpc) is 3.03. The zero-order valence-corrected chi connectivity index (χ0v) is 16.9. The summed E-state index contributed by atoms with van der Waals surface area (Å²) in [5.74, 6) is 0.996. The number of methoxy groups -OCH3 is 1. The molecule has 2 fully saturated rings. The molecule has 1 unspecified atom stereocenters. The lowest BCUT2D eigenvalue weighted by molar-refractivity contribution is 0.0996. The van der Waals surface area contributed by atoms with Crippen LogP contribution in [0.2, 0.25) is 0 Å². The number of hydrogen-bond acceptors (Lipinski definition) is 4. The second-order valence-corrected chi connectivity index (χ2v) is 9.95. The summed E-state index contributed by atoms with van der Waals surface area (Å²) in [4.78, 5) is 1.43. The summed E-state index contributed by atoms with van der Waals surface area (Å²) in [6.45, 7) is 0. The first kappa shape index (κ1) is 18.0. The quantitative estimate of drug-likeness (QED) is 0.540. The lowest BCUT2D eigenvalue weighted by atomic mass is 9.85. The van der Waals surface area contributed by atoms with Crippen LogP contribution >= 0.6 is 23.7 Å². The Morgan fingerprint density at radius 1 is 1.00 bits per heavy atom. The van der Waals surface area contributed by atoms with E-state index in [4.69, 9.17) is 9.88 Å². The third-order valence-corrected chi connectivity index (χ3v) is 8.99. The van der Waals surface area contributed by atoms with Crippen molar-refractivity contribution in [3.8, 4) is 5.75 Å². The lowest BCUT2D eigenvalue weighted by Gasteiger charge is -2.52. The van der Waals surface area contributed by atoms with Crippen molar-refractivity contribution in [2.45, 2.75) is 85.9 Å². The average molecular weight is 380 g/mol. The van der Waals surface area contributed by atoms with Gasteiger partial charge in [-0.05, 0) is 87.2 Å². The molecule has 1 atom stereocenters. The number of benzene rings is 1. The van der Waals surface area contributed by atoms with Gasteiger partial charge in [-0.25, -0.2) is 0 Å². The molecule has 2 N–H and O–H groups in total. The molecule has 1 aromatic rings. The maximum absolute atomic E-state index is 6.32. The molecule has 0 aromatic heterocycles. The molecule has 2 aliphatic carbocycles. The summed E-state index contributed by atoms with van der Waals surface area (Å²) in [5.41, 5.74) is 1.51. The minimum atomic E-state index is 0.397. The molecule has 3 aliphatic rings. The fourth-order valence-electron chi connectivity index (χ4n) is 5.52. The minimum absolute atomic E-state index is 0.397. The van der Waals surface area contributed by atoms with Crippen molar-refractivity contribution in [1.82, 2.24) is 4.48 Å². The molecule has 0 bridgehead atoms. The van der Waals surface area contributed by atoms with Crippen LogP contribution in [-0.2, 0) is 0 Å². The van der Waals surface area contributed by atoms with Crippen LogP contribution in [0.15, 0.2) is 23.1 Å². The second-order valence-electron chi connectivity index (χ2n) is 7.81. The first-order chi connectivity index (χ1) is 12.3. The largest absolute Gasteiger partial charge is 0.497 e. The van der Waals surface area contributed by atoms with Crippen molar-refractivity contribution >= 4 is 29.4 Å². The highest BCUT2D eigenvalue weighted by Crippen LogP contribution is 2.58. The molecule has 0 spiro atoms. The van der Waals surface area contributed by atoms with E-state index in [1.807, 2.05) is 11.8 Å². The zero-order chi connectivity index (χ0) is 17.3. The van der Waals surface area contributed by atoms with E-state index in [-0.39, 0.29) is 0 Å². The van der Waals surface area contributed by atoms with Crippen LogP contribution in [0.25, 0.3) is 0 Å². The van der Waals surface area contributed by atoms with Crippen LogP contribution < -0.4 is 14.4 Å². The van der Waals surface area contributed by atoms with Gasteiger partial charge in [-0.1, -0.05) is 12.8 Å². The Labute approximate surface area is 160 Å². The standard InChI is InChI=1S/C20H31N2OS2/c1-23-17-12-13-19-18(14-17)22(20(24-19)25-21,15-8-4-2-5-9-15)16-10-6-3-7-11-16/h12-16,20H,2-11,21H2,1H3/q+1. The van der Waals surface area contributed by atoms with Crippen molar-refractivity contribution in [3.05, 3.63) is 18.2 Å². The molecular weight excluding hydrogens is 348 g/mol. The Balaban J connectivity index is 1.85. The number of nitrogens with two attached hydrogens (primary N) is 1. The van der Waals surface area contributed by atoms with Crippen molar-refractivity contribution in [3.63, 3.8) is 0 Å². The predicted octanol–water partition coefficient (Wildman–Crippen LogP) is 5.66. The molecule has 0 saturated heterocycles. The van der Waals surface area contributed by atoms with E-state index >= 15 is 0 Å².